The summed E-state index contributed by atoms with van der Waals surface area (Å²) in [6.45, 7) is 4.21. The van der Waals surface area contributed by atoms with Crippen molar-refractivity contribution in [3.63, 3.8) is 0 Å². The molecule has 1 fully saturated rings. The molecule has 86 valence electrons. The van der Waals surface area contributed by atoms with Crippen molar-refractivity contribution in [1.82, 2.24) is 0 Å². The van der Waals surface area contributed by atoms with Crippen molar-refractivity contribution in [2.24, 2.45) is 11.3 Å². The summed E-state index contributed by atoms with van der Waals surface area (Å²) in [5.74, 6) is 0.241. The predicted molar refractivity (Wildman–Crippen MR) is 69.1 cm³/mol. The van der Waals surface area contributed by atoms with E-state index >= 15 is 0 Å². The van der Waals surface area contributed by atoms with Gasteiger partial charge < -0.3 is 11.1 Å². The van der Waals surface area contributed by atoms with Crippen molar-refractivity contribution >= 4 is 33.2 Å². The summed E-state index contributed by atoms with van der Waals surface area (Å²) < 4.78 is 0.806. The first-order chi connectivity index (χ1) is 7.40. The van der Waals surface area contributed by atoms with Crippen molar-refractivity contribution < 1.29 is 4.79 Å². The molecule has 1 aliphatic carbocycles. The van der Waals surface area contributed by atoms with Crippen LogP contribution in [0.5, 0.6) is 0 Å². The molecule has 0 spiro atoms. The van der Waals surface area contributed by atoms with Crippen LogP contribution in [0.2, 0.25) is 0 Å². The van der Waals surface area contributed by atoms with Gasteiger partial charge in [-0.1, -0.05) is 13.8 Å². The van der Waals surface area contributed by atoms with Gasteiger partial charge in [0.15, 0.2) is 0 Å². The Kier molecular flexibility index (Phi) is 2.70. The first-order valence-electron chi connectivity index (χ1n) is 5.26. The second-order valence-corrected chi connectivity index (χ2v) is 5.83. The van der Waals surface area contributed by atoms with Gasteiger partial charge in [-0.3, -0.25) is 4.79 Å². The fourth-order valence-electron chi connectivity index (χ4n) is 1.75. The molecule has 3 nitrogen and oxygen atoms in total. The van der Waals surface area contributed by atoms with Gasteiger partial charge in [0.1, 0.15) is 0 Å². The highest BCUT2D eigenvalue weighted by molar-refractivity contribution is 9.10. The van der Waals surface area contributed by atoms with E-state index in [0.717, 1.165) is 16.6 Å². The molecule has 0 saturated heterocycles. The Bertz CT molecular complexity index is 443. The molecule has 0 heterocycles. The van der Waals surface area contributed by atoms with E-state index in [-0.39, 0.29) is 17.2 Å². The fraction of sp³-hybridized carbons (Fsp3) is 0.417. The normalized spacial score (nSPS) is 21.6. The van der Waals surface area contributed by atoms with E-state index < -0.39 is 0 Å². The highest BCUT2D eigenvalue weighted by Crippen LogP contribution is 2.52. The van der Waals surface area contributed by atoms with Gasteiger partial charge in [-0.2, -0.15) is 0 Å². The molecule has 0 aromatic heterocycles. The SMILES string of the molecule is CC1(C)CC1C(=O)Nc1ccc(N)c(Br)c1. The Morgan fingerprint density at radius 1 is 1.56 bits per heavy atom. The molecule has 0 radical (unpaired) electrons. The number of carbonyl (C=O) groups is 1. The van der Waals surface area contributed by atoms with Gasteiger partial charge >= 0.3 is 0 Å². The van der Waals surface area contributed by atoms with E-state index in [1.54, 1.807) is 6.07 Å². The second-order valence-electron chi connectivity index (χ2n) is 4.97. The number of rotatable bonds is 2. The lowest BCUT2D eigenvalue weighted by atomic mass is 10.1. The number of nitrogens with one attached hydrogen (secondary N) is 1. The predicted octanol–water partition coefficient (Wildman–Crippen LogP) is 3.02. The van der Waals surface area contributed by atoms with Crippen LogP contribution in [0.25, 0.3) is 0 Å². The minimum Gasteiger partial charge on any atom is -0.398 e. The van der Waals surface area contributed by atoms with Gasteiger partial charge in [0.05, 0.1) is 0 Å². The summed E-state index contributed by atoms with van der Waals surface area (Å²) in [6, 6.07) is 5.41. The van der Waals surface area contributed by atoms with E-state index in [0.29, 0.717) is 5.69 Å². The summed E-state index contributed by atoms with van der Waals surface area (Å²) in [6.07, 6.45) is 0.967. The lowest BCUT2D eigenvalue weighted by molar-refractivity contribution is -0.117. The average molecular weight is 283 g/mol. The fourth-order valence-corrected chi connectivity index (χ4v) is 2.13. The smallest absolute Gasteiger partial charge is 0.228 e. The topological polar surface area (TPSA) is 55.1 Å². The Morgan fingerprint density at radius 2 is 2.19 bits per heavy atom. The summed E-state index contributed by atoms with van der Waals surface area (Å²) in [7, 11) is 0. The molecule has 2 rings (SSSR count). The number of benzene rings is 1. The maximum absolute atomic E-state index is 11.8. The minimum atomic E-state index is 0.0988. The molecule has 0 aliphatic heterocycles. The largest absolute Gasteiger partial charge is 0.398 e. The highest BCUT2D eigenvalue weighted by atomic mass is 79.9. The lowest BCUT2D eigenvalue weighted by Crippen LogP contribution is -2.16. The second kappa shape index (κ2) is 3.77. The zero-order valence-electron chi connectivity index (χ0n) is 9.38. The quantitative estimate of drug-likeness (QED) is 0.820. The van der Waals surface area contributed by atoms with Gasteiger partial charge in [-0.05, 0) is 46.0 Å². The molecule has 1 aromatic carbocycles. The van der Waals surface area contributed by atoms with E-state index in [9.17, 15) is 4.79 Å². The van der Waals surface area contributed by atoms with Gasteiger partial charge in [-0.15, -0.1) is 0 Å². The number of hydrogen-bond acceptors (Lipinski definition) is 2. The number of anilines is 2. The molecule has 4 heteroatoms. The van der Waals surface area contributed by atoms with Crippen LogP contribution in [0.3, 0.4) is 0 Å². The zero-order chi connectivity index (χ0) is 11.9. The Hall–Kier alpha value is -1.03. The standard InChI is InChI=1S/C12H15BrN2O/c1-12(2)6-8(12)11(16)15-7-3-4-10(14)9(13)5-7/h3-5,8H,6,14H2,1-2H3,(H,15,16). The number of amides is 1. The minimum absolute atomic E-state index is 0.0988. The van der Waals surface area contributed by atoms with Crippen molar-refractivity contribution in [2.45, 2.75) is 20.3 Å². The van der Waals surface area contributed by atoms with Crippen LogP contribution in [0, 0.1) is 11.3 Å². The van der Waals surface area contributed by atoms with Crippen LogP contribution in [0.15, 0.2) is 22.7 Å². The zero-order valence-corrected chi connectivity index (χ0v) is 11.0. The highest BCUT2D eigenvalue weighted by Gasteiger charge is 2.50. The van der Waals surface area contributed by atoms with E-state index in [2.05, 4.69) is 35.1 Å². The van der Waals surface area contributed by atoms with Crippen molar-refractivity contribution in [3.05, 3.63) is 22.7 Å². The third kappa shape index (κ3) is 2.21. The van der Waals surface area contributed by atoms with Crippen molar-refractivity contribution in [1.29, 1.82) is 0 Å². The van der Waals surface area contributed by atoms with Gasteiger partial charge in [-0.25, -0.2) is 0 Å². The molecule has 1 unspecified atom stereocenters. The Balaban J connectivity index is 2.05. The summed E-state index contributed by atoms with van der Waals surface area (Å²) in [5.41, 5.74) is 7.29. The molecule has 1 aliphatic rings. The first kappa shape index (κ1) is 11.5. The van der Waals surface area contributed by atoms with E-state index in [1.165, 1.54) is 0 Å². The van der Waals surface area contributed by atoms with Crippen LogP contribution >= 0.6 is 15.9 Å². The maximum Gasteiger partial charge on any atom is 0.228 e. The summed E-state index contributed by atoms with van der Waals surface area (Å²) in [4.78, 5) is 11.8. The number of hydrogen-bond donors (Lipinski definition) is 2. The van der Waals surface area contributed by atoms with Crippen molar-refractivity contribution in [2.75, 3.05) is 11.1 Å². The third-order valence-electron chi connectivity index (χ3n) is 3.10. The average Bonchev–Trinajstić information content (AvgIpc) is 2.82. The Labute approximate surface area is 104 Å². The first-order valence-corrected chi connectivity index (χ1v) is 6.05. The van der Waals surface area contributed by atoms with Crippen LogP contribution in [-0.2, 0) is 4.79 Å². The monoisotopic (exact) mass is 282 g/mol. The maximum atomic E-state index is 11.8. The van der Waals surface area contributed by atoms with E-state index in [4.69, 9.17) is 5.73 Å². The molecule has 3 N–H and O–H groups in total. The molecule has 1 aromatic rings. The summed E-state index contributed by atoms with van der Waals surface area (Å²) in [5, 5.41) is 2.90. The molecule has 1 atom stereocenters. The van der Waals surface area contributed by atoms with Gasteiger partial charge in [0.25, 0.3) is 0 Å². The number of carbonyl (C=O) groups excluding carboxylic acids is 1. The van der Waals surface area contributed by atoms with Crippen LogP contribution in [0.1, 0.15) is 20.3 Å². The number of nitrogen functional groups attached to an aromatic ring is 1. The molecule has 0 bridgehead atoms. The molecule has 1 saturated carbocycles. The number of halogens is 1. The van der Waals surface area contributed by atoms with E-state index in [1.807, 2.05) is 12.1 Å². The van der Waals surface area contributed by atoms with Crippen LogP contribution < -0.4 is 11.1 Å². The van der Waals surface area contributed by atoms with Crippen LogP contribution in [0.4, 0.5) is 11.4 Å². The summed E-state index contributed by atoms with van der Waals surface area (Å²) >= 11 is 3.33. The lowest BCUT2D eigenvalue weighted by Gasteiger charge is -2.07. The Morgan fingerprint density at radius 3 is 2.69 bits per heavy atom. The third-order valence-corrected chi connectivity index (χ3v) is 3.78. The number of nitrogens with two attached hydrogens (primary N) is 1. The molecular formula is C12H15BrN2O. The van der Waals surface area contributed by atoms with Gasteiger partial charge in [0.2, 0.25) is 5.91 Å². The molecule has 16 heavy (non-hydrogen) atoms. The molecule has 1 amide bonds. The van der Waals surface area contributed by atoms with Crippen molar-refractivity contribution in [3.8, 4) is 0 Å². The van der Waals surface area contributed by atoms with Crippen LogP contribution in [-0.4, -0.2) is 5.91 Å². The van der Waals surface area contributed by atoms with Gasteiger partial charge in [0, 0.05) is 21.8 Å². The molecular weight excluding hydrogens is 268 g/mol.